The number of carbonyl (C=O) groups excluding carboxylic acids is 1. The third-order valence-electron chi connectivity index (χ3n) is 5.76. The first-order valence-electron chi connectivity index (χ1n) is 10.2. The van der Waals surface area contributed by atoms with Gasteiger partial charge in [0.2, 0.25) is 5.78 Å². The van der Waals surface area contributed by atoms with Crippen molar-refractivity contribution in [2.75, 3.05) is 0 Å². The summed E-state index contributed by atoms with van der Waals surface area (Å²) in [6, 6.07) is 14.6. The van der Waals surface area contributed by atoms with Crippen LogP contribution in [0.3, 0.4) is 0 Å². The minimum atomic E-state index is -1.25. The number of nitrogens with zero attached hydrogens (tertiary/aromatic N) is 2. The molecule has 0 fully saturated rings. The number of furan rings is 1. The van der Waals surface area contributed by atoms with Crippen LogP contribution >= 0.6 is 11.3 Å². The minimum Gasteiger partial charge on any atom is -0.453 e. The maximum absolute atomic E-state index is 13.0. The molecule has 7 heteroatoms. The zero-order valence-electron chi connectivity index (χ0n) is 16.8. The summed E-state index contributed by atoms with van der Waals surface area (Å²) in [6.45, 7) is 2.20. The van der Waals surface area contributed by atoms with Gasteiger partial charge in [0.05, 0.1) is 11.5 Å². The minimum absolute atomic E-state index is 0.0625. The smallest absolute Gasteiger partial charge is 0.259 e. The number of ketones is 1. The van der Waals surface area contributed by atoms with Crippen LogP contribution in [0.4, 0.5) is 0 Å². The van der Waals surface area contributed by atoms with E-state index in [9.17, 15) is 14.9 Å². The Morgan fingerprint density at radius 1 is 1.29 bits per heavy atom. The normalized spacial score (nSPS) is 16.6. The molecular formula is C24H19N3O3S. The lowest BCUT2D eigenvalue weighted by Gasteiger charge is -2.17. The third kappa shape index (κ3) is 3.39. The van der Waals surface area contributed by atoms with Gasteiger partial charge in [-0.2, -0.15) is 5.26 Å². The Balaban J connectivity index is 1.51. The Kier molecular flexibility index (Phi) is 4.79. The lowest BCUT2D eigenvalue weighted by atomic mass is 9.89. The monoisotopic (exact) mass is 429 g/mol. The molecule has 4 aromatic rings. The molecule has 0 aliphatic heterocycles. The first kappa shape index (κ1) is 19.5. The third-order valence-corrected chi connectivity index (χ3v) is 6.90. The van der Waals surface area contributed by atoms with E-state index >= 15 is 0 Å². The summed E-state index contributed by atoms with van der Waals surface area (Å²) in [7, 11) is 0. The van der Waals surface area contributed by atoms with Crippen LogP contribution in [0, 0.1) is 17.2 Å². The van der Waals surface area contributed by atoms with E-state index in [0.717, 1.165) is 30.4 Å². The van der Waals surface area contributed by atoms with Gasteiger partial charge in [0, 0.05) is 10.4 Å². The van der Waals surface area contributed by atoms with Gasteiger partial charge in [-0.1, -0.05) is 37.3 Å². The molecule has 0 bridgehead atoms. The van der Waals surface area contributed by atoms with Gasteiger partial charge in [-0.15, -0.1) is 11.3 Å². The van der Waals surface area contributed by atoms with Gasteiger partial charge in [0.15, 0.2) is 11.7 Å². The Labute approximate surface area is 182 Å². The second-order valence-electron chi connectivity index (χ2n) is 7.94. The highest BCUT2D eigenvalue weighted by atomic mass is 32.1. The van der Waals surface area contributed by atoms with Crippen molar-refractivity contribution in [3.05, 3.63) is 74.8 Å². The summed E-state index contributed by atoms with van der Waals surface area (Å²) >= 11 is 1.49. The highest BCUT2D eigenvalue weighted by Gasteiger charge is 2.29. The van der Waals surface area contributed by atoms with Gasteiger partial charge in [-0.25, -0.2) is 4.98 Å². The second kappa shape index (κ2) is 7.64. The van der Waals surface area contributed by atoms with Crippen molar-refractivity contribution >= 4 is 27.3 Å². The number of H-pyrrole nitrogens is 1. The van der Waals surface area contributed by atoms with E-state index in [-0.39, 0.29) is 17.1 Å². The standard InChI is InChI=1S/C24H19N3O3S/c1-13-7-8-15-19(11-13)31-24-20(15)23(29)26-22(27-24)16(12-25)21(28)18-10-9-17(30-18)14-5-3-2-4-6-14/h2-6,9-10,13,16H,7-8,11H2,1H3,(H,26,27,29). The van der Waals surface area contributed by atoms with Crippen LogP contribution in [0.15, 0.2) is 51.7 Å². The van der Waals surface area contributed by atoms with Crippen LogP contribution in [-0.4, -0.2) is 15.8 Å². The van der Waals surface area contributed by atoms with Crippen LogP contribution in [-0.2, 0) is 12.8 Å². The van der Waals surface area contributed by atoms with Crippen molar-refractivity contribution in [3.63, 3.8) is 0 Å². The largest absolute Gasteiger partial charge is 0.453 e. The van der Waals surface area contributed by atoms with E-state index in [0.29, 0.717) is 21.9 Å². The van der Waals surface area contributed by atoms with Crippen molar-refractivity contribution in [2.24, 2.45) is 5.92 Å². The predicted octanol–water partition coefficient (Wildman–Crippen LogP) is 4.86. The Morgan fingerprint density at radius 3 is 2.87 bits per heavy atom. The van der Waals surface area contributed by atoms with Crippen molar-refractivity contribution in [3.8, 4) is 17.4 Å². The summed E-state index contributed by atoms with van der Waals surface area (Å²) in [6.07, 6.45) is 2.83. The molecular weight excluding hydrogens is 410 g/mol. The van der Waals surface area contributed by atoms with E-state index in [1.54, 1.807) is 12.1 Å². The van der Waals surface area contributed by atoms with Gasteiger partial charge in [0.25, 0.3) is 5.56 Å². The number of hydrogen-bond acceptors (Lipinski definition) is 6. The summed E-state index contributed by atoms with van der Waals surface area (Å²) < 4.78 is 5.71. The first-order valence-corrected chi connectivity index (χ1v) is 11.0. The van der Waals surface area contributed by atoms with Crippen molar-refractivity contribution in [1.82, 2.24) is 9.97 Å². The Hall–Kier alpha value is -3.50. The summed E-state index contributed by atoms with van der Waals surface area (Å²) in [5.41, 5.74) is 1.61. The molecule has 2 atom stereocenters. The fourth-order valence-electron chi connectivity index (χ4n) is 4.12. The fraction of sp³-hybridized carbons (Fsp3) is 0.250. The molecule has 5 rings (SSSR count). The van der Waals surface area contributed by atoms with Gasteiger partial charge in [-0.3, -0.25) is 9.59 Å². The highest BCUT2D eigenvalue weighted by Crippen LogP contribution is 2.36. The zero-order chi connectivity index (χ0) is 21.5. The van der Waals surface area contributed by atoms with Gasteiger partial charge in [-0.05, 0) is 42.9 Å². The molecule has 154 valence electrons. The number of carbonyl (C=O) groups is 1. The Bertz CT molecular complexity index is 1390. The molecule has 1 N–H and O–H groups in total. The number of Topliss-reactive ketones (excluding diaryl/α,β-unsaturated/α-hetero) is 1. The lowest BCUT2D eigenvalue weighted by molar-refractivity contribution is 0.0950. The molecule has 1 aromatic carbocycles. The van der Waals surface area contributed by atoms with Crippen LogP contribution in [0.1, 0.15) is 46.1 Å². The molecule has 31 heavy (non-hydrogen) atoms. The molecule has 0 saturated heterocycles. The average Bonchev–Trinajstić information content (AvgIpc) is 3.39. The van der Waals surface area contributed by atoms with E-state index in [4.69, 9.17) is 4.42 Å². The zero-order valence-corrected chi connectivity index (χ0v) is 17.7. The van der Waals surface area contributed by atoms with Gasteiger partial charge >= 0.3 is 0 Å². The number of benzene rings is 1. The number of hydrogen-bond donors (Lipinski definition) is 1. The number of aromatic nitrogens is 2. The van der Waals surface area contributed by atoms with E-state index in [1.165, 1.54) is 16.2 Å². The summed E-state index contributed by atoms with van der Waals surface area (Å²) in [4.78, 5) is 34.9. The number of aromatic amines is 1. The number of thiophene rings is 1. The number of nitrogens with one attached hydrogen (secondary N) is 1. The van der Waals surface area contributed by atoms with Crippen LogP contribution in [0.5, 0.6) is 0 Å². The number of rotatable bonds is 4. The quantitative estimate of drug-likeness (QED) is 0.467. The maximum atomic E-state index is 13.0. The molecule has 1 aliphatic carbocycles. The van der Waals surface area contributed by atoms with E-state index in [2.05, 4.69) is 16.9 Å². The number of nitriles is 1. The predicted molar refractivity (Wildman–Crippen MR) is 118 cm³/mol. The summed E-state index contributed by atoms with van der Waals surface area (Å²) in [5, 5.41) is 10.3. The second-order valence-corrected chi connectivity index (χ2v) is 9.02. The molecule has 0 saturated carbocycles. The van der Waals surface area contributed by atoms with E-state index < -0.39 is 11.7 Å². The van der Waals surface area contributed by atoms with Gasteiger partial charge < -0.3 is 9.40 Å². The molecule has 0 spiro atoms. The van der Waals surface area contributed by atoms with Gasteiger partial charge in [0.1, 0.15) is 16.4 Å². The number of aryl methyl sites for hydroxylation is 1. The molecule has 1 aliphatic rings. The molecule has 2 unspecified atom stereocenters. The lowest BCUT2D eigenvalue weighted by Crippen LogP contribution is -2.20. The van der Waals surface area contributed by atoms with Crippen LogP contribution in [0.2, 0.25) is 0 Å². The Morgan fingerprint density at radius 2 is 2.10 bits per heavy atom. The van der Waals surface area contributed by atoms with Crippen molar-refractivity contribution in [2.45, 2.75) is 32.1 Å². The fourth-order valence-corrected chi connectivity index (χ4v) is 5.51. The highest BCUT2D eigenvalue weighted by molar-refractivity contribution is 7.18. The SMILES string of the molecule is CC1CCc2c(sc3nc(C(C#N)C(=O)c4ccc(-c5ccccc5)o4)[nH]c(=O)c23)C1. The maximum Gasteiger partial charge on any atom is 0.259 e. The van der Waals surface area contributed by atoms with Crippen molar-refractivity contribution < 1.29 is 9.21 Å². The van der Waals surface area contributed by atoms with Crippen LogP contribution in [0.25, 0.3) is 21.5 Å². The summed E-state index contributed by atoms with van der Waals surface area (Å²) in [5.74, 6) is -0.531. The van der Waals surface area contributed by atoms with E-state index in [1.807, 2.05) is 36.4 Å². The van der Waals surface area contributed by atoms with Crippen LogP contribution < -0.4 is 5.56 Å². The number of fused-ring (bicyclic) bond motifs is 3. The van der Waals surface area contributed by atoms with Crippen molar-refractivity contribution in [1.29, 1.82) is 5.26 Å². The molecule has 6 nitrogen and oxygen atoms in total. The molecule has 0 amide bonds. The topological polar surface area (TPSA) is 99.8 Å². The molecule has 3 aromatic heterocycles. The molecule has 0 radical (unpaired) electrons. The average molecular weight is 430 g/mol. The molecule has 3 heterocycles. The first-order chi connectivity index (χ1) is 15.0.